The molecule has 2 rings (SSSR count). The summed E-state index contributed by atoms with van der Waals surface area (Å²) in [4.78, 5) is 27.6. The Kier molecular flexibility index (Phi) is 6.12. The second-order valence-corrected chi connectivity index (χ2v) is 8.08. The first-order chi connectivity index (χ1) is 11.7. The predicted octanol–water partition coefficient (Wildman–Crippen LogP) is -0.122. The van der Waals surface area contributed by atoms with Gasteiger partial charge in [0.15, 0.2) is 9.84 Å². The summed E-state index contributed by atoms with van der Waals surface area (Å²) in [6.07, 6.45) is -0.177. The Bertz CT molecular complexity index is 736. The Morgan fingerprint density at radius 3 is 2.48 bits per heavy atom. The van der Waals surface area contributed by atoms with Gasteiger partial charge in [-0.2, -0.15) is 0 Å². The molecule has 0 unspecified atom stereocenters. The van der Waals surface area contributed by atoms with Gasteiger partial charge in [-0.25, -0.2) is 12.8 Å². The molecular formula is C16H22FN3O4S. The standard InChI is InChI=1S/C16H22FN3O4S/c1-18-16(22)14-11-20(9-8-19(14)2)15(21)7-10-25(23,24)13-5-3-12(17)4-6-13/h3-6,14H,7-11H2,1-2H3,(H,18,22)/t14-/m1/s1. The van der Waals surface area contributed by atoms with Crippen LogP contribution >= 0.6 is 0 Å². The van der Waals surface area contributed by atoms with Crippen molar-refractivity contribution < 1.29 is 22.4 Å². The van der Waals surface area contributed by atoms with Crippen LogP contribution in [-0.4, -0.2) is 75.6 Å². The summed E-state index contributed by atoms with van der Waals surface area (Å²) < 4.78 is 37.4. The molecule has 9 heteroatoms. The van der Waals surface area contributed by atoms with Crippen molar-refractivity contribution in [2.75, 3.05) is 39.5 Å². The summed E-state index contributed by atoms with van der Waals surface area (Å²) in [5.41, 5.74) is 0. The van der Waals surface area contributed by atoms with Crippen LogP contribution < -0.4 is 5.32 Å². The number of carbonyl (C=O) groups is 2. The monoisotopic (exact) mass is 371 g/mol. The maximum Gasteiger partial charge on any atom is 0.238 e. The zero-order valence-corrected chi connectivity index (χ0v) is 15.1. The molecule has 1 aromatic rings. The van der Waals surface area contributed by atoms with Crippen LogP contribution in [0.1, 0.15) is 6.42 Å². The van der Waals surface area contributed by atoms with Crippen molar-refractivity contribution in [1.29, 1.82) is 0 Å². The third kappa shape index (κ3) is 4.76. The molecule has 1 heterocycles. The maximum absolute atomic E-state index is 12.9. The fourth-order valence-electron chi connectivity index (χ4n) is 2.69. The molecule has 1 fully saturated rings. The van der Waals surface area contributed by atoms with Crippen molar-refractivity contribution in [3.63, 3.8) is 0 Å². The van der Waals surface area contributed by atoms with Crippen molar-refractivity contribution in [2.45, 2.75) is 17.4 Å². The van der Waals surface area contributed by atoms with Gasteiger partial charge < -0.3 is 10.2 Å². The highest BCUT2D eigenvalue weighted by Gasteiger charge is 2.32. The largest absolute Gasteiger partial charge is 0.358 e. The number of carbonyl (C=O) groups excluding carboxylic acids is 2. The van der Waals surface area contributed by atoms with Crippen LogP contribution in [-0.2, 0) is 19.4 Å². The minimum absolute atomic E-state index is 0.0108. The van der Waals surface area contributed by atoms with Crippen molar-refractivity contribution >= 4 is 21.7 Å². The molecule has 0 saturated carbocycles. The molecule has 1 aliphatic rings. The van der Waals surface area contributed by atoms with Gasteiger partial charge in [0.1, 0.15) is 11.9 Å². The van der Waals surface area contributed by atoms with E-state index >= 15 is 0 Å². The van der Waals surface area contributed by atoms with Gasteiger partial charge in [-0.3, -0.25) is 14.5 Å². The van der Waals surface area contributed by atoms with Crippen LogP contribution in [0.5, 0.6) is 0 Å². The van der Waals surface area contributed by atoms with E-state index in [9.17, 15) is 22.4 Å². The van der Waals surface area contributed by atoms with Gasteiger partial charge in [0.05, 0.1) is 10.6 Å². The number of piperazine rings is 1. The van der Waals surface area contributed by atoms with Gasteiger partial charge in [0.2, 0.25) is 11.8 Å². The molecular weight excluding hydrogens is 349 g/mol. The number of halogens is 1. The summed E-state index contributed by atoms with van der Waals surface area (Å²) in [7, 11) is -0.320. The van der Waals surface area contributed by atoms with E-state index in [1.54, 1.807) is 7.05 Å². The lowest BCUT2D eigenvalue weighted by Crippen LogP contribution is -2.58. The van der Waals surface area contributed by atoms with Gasteiger partial charge in [0, 0.05) is 33.1 Å². The minimum atomic E-state index is -3.66. The molecule has 0 radical (unpaired) electrons. The number of hydrogen-bond donors (Lipinski definition) is 1. The van der Waals surface area contributed by atoms with E-state index in [4.69, 9.17) is 0 Å². The Hall–Kier alpha value is -2.00. The number of nitrogens with zero attached hydrogens (tertiary/aromatic N) is 2. The summed E-state index contributed by atoms with van der Waals surface area (Å²) in [5, 5.41) is 2.56. The molecule has 2 amide bonds. The molecule has 1 saturated heterocycles. The van der Waals surface area contributed by atoms with Crippen molar-refractivity contribution in [3.05, 3.63) is 30.1 Å². The lowest BCUT2D eigenvalue weighted by Gasteiger charge is -2.38. The van der Waals surface area contributed by atoms with Gasteiger partial charge in [0.25, 0.3) is 0 Å². The average Bonchev–Trinajstić information content (AvgIpc) is 2.60. The summed E-state index contributed by atoms with van der Waals surface area (Å²) in [6, 6.07) is 4.07. The zero-order valence-electron chi connectivity index (χ0n) is 14.2. The van der Waals surface area contributed by atoms with Crippen molar-refractivity contribution in [3.8, 4) is 0 Å². The summed E-state index contributed by atoms with van der Waals surface area (Å²) in [5.74, 6) is -1.37. The second kappa shape index (κ2) is 7.92. The predicted molar refractivity (Wildman–Crippen MR) is 90.1 cm³/mol. The van der Waals surface area contributed by atoms with Crippen LogP contribution in [0.25, 0.3) is 0 Å². The van der Waals surface area contributed by atoms with E-state index in [-0.39, 0.29) is 35.4 Å². The number of nitrogens with one attached hydrogen (secondary N) is 1. The third-order valence-corrected chi connectivity index (χ3v) is 6.04. The first-order valence-electron chi connectivity index (χ1n) is 7.92. The normalized spacial score (nSPS) is 18.8. The van der Waals surface area contributed by atoms with E-state index in [2.05, 4.69) is 5.32 Å². The molecule has 1 N–H and O–H groups in total. The molecule has 0 spiro atoms. The Morgan fingerprint density at radius 2 is 1.88 bits per heavy atom. The molecule has 7 nitrogen and oxygen atoms in total. The fraction of sp³-hybridized carbons (Fsp3) is 0.500. The summed E-state index contributed by atoms with van der Waals surface area (Å²) >= 11 is 0. The molecule has 138 valence electrons. The van der Waals surface area contributed by atoms with Crippen LogP contribution in [0.15, 0.2) is 29.2 Å². The number of likely N-dealkylation sites (N-methyl/N-ethyl adjacent to an activating group) is 2. The molecule has 1 atom stereocenters. The topological polar surface area (TPSA) is 86.8 Å². The lowest BCUT2D eigenvalue weighted by molar-refractivity contribution is -0.137. The van der Waals surface area contributed by atoms with Crippen LogP contribution in [0.4, 0.5) is 4.39 Å². The zero-order chi connectivity index (χ0) is 18.6. The van der Waals surface area contributed by atoms with Gasteiger partial charge in [-0.1, -0.05) is 0 Å². The molecule has 0 aromatic heterocycles. The number of hydrogen-bond acceptors (Lipinski definition) is 5. The third-order valence-electron chi connectivity index (χ3n) is 4.31. The number of rotatable bonds is 5. The highest BCUT2D eigenvalue weighted by molar-refractivity contribution is 7.91. The molecule has 0 bridgehead atoms. The quantitative estimate of drug-likeness (QED) is 0.729. The fourth-order valence-corrected chi connectivity index (χ4v) is 3.92. The Labute approximate surface area is 146 Å². The first-order valence-corrected chi connectivity index (χ1v) is 9.58. The van der Waals surface area contributed by atoms with Crippen LogP contribution in [0, 0.1) is 5.82 Å². The SMILES string of the molecule is CNC(=O)[C@H]1CN(C(=O)CCS(=O)(=O)c2ccc(F)cc2)CCN1C. The smallest absolute Gasteiger partial charge is 0.238 e. The van der Waals surface area contributed by atoms with E-state index in [0.29, 0.717) is 13.1 Å². The van der Waals surface area contributed by atoms with Crippen molar-refractivity contribution in [1.82, 2.24) is 15.1 Å². The second-order valence-electron chi connectivity index (χ2n) is 5.97. The van der Waals surface area contributed by atoms with Crippen molar-refractivity contribution in [2.24, 2.45) is 0 Å². The van der Waals surface area contributed by atoms with E-state index in [1.165, 1.54) is 24.1 Å². The van der Waals surface area contributed by atoms with Crippen LogP contribution in [0.3, 0.4) is 0 Å². The van der Waals surface area contributed by atoms with Crippen LogP contribution in [0.2, 0.25) is 0 Å². The minimum Gasteiger partial charge on any atom is -0.358 e. The highest BCUT2D eigenvalue weighted by atomic mass is 32.2. The highest BCUT2D eigenvalue weighted by Crippen LogP contribution is 2.15. The Morgan fingerprint density at radius 1 is 1.24 bits per heavy atom. The van der Waals surface area contributed by atoms with E-state index < -0.39 is 21.7 Å². The number of sulfone groups is 1. The number of benzene rings is 1. The van der Waals surface area contributed by atoms with Gasteiger partial charge in [-0.15, -0.1) is 0 Å². The maximum atomic E-state index is 12.9. The van der Waals surface area contributed by atoms with Gasteiger partial charge >= 0.3 is 0 Å². The average molecular weight is 371 g/mol. The number of amides is 2. The Balaban J connectivity index is 1.97. The molecule has 1 aromatic carbocycles. The summed E-state index contributed by atoms with van der Waals surface area (Å²) in [6.45, 7) is 1.21. The van der Waals surface area contributed by atoms with E-state index in [0.717, 1.165) is 12.1 Å². The van der Waals surface area contributed by atoms with Gasteiger partial charge in [-0.05, 0) is 31.3 Å². The van der Waals surface area contributed by atoms with E-state index in [1.807, 2.05) is 4.90 Å². The molecule has 0 aliphatic carbocycles. The molecule has 1 aliphatic heterocycles. The first kappa shape index (κ1) is 19.3. The lowest BCUT2D eigenvalue weighted by atomic mass is 10.1. The molecule has 25 heavy (non-hydrogen) atoms.